The first-order valence-corrected chi connectivity index (χ1v) is 11.2. The molecule has 0 heterocycles. The van der Waals surface area contributed by atoms with Gasteiger partial charge >= 0.3 is 0 Å². The summed E-state index contributed by atoms with van der Waals surface area (Å²) in [6.07, 6.45) is 11.7. The van der Waals surface area contributed by atoms with Gasteiger partial charge in [0.2, 0.25) is 0 Å². The zero-order valence-corrected chi connectivity index (χ0v) is 17.3. The molecule has 1 aromatic rings. The lowest BCUT2D eigenvalue weighted by atomic mass is 9.48. The molecule has 4 aliphatic carbocycles. The first-order valence-electron chi connectivity index (χ1n) is 11.2. The fraction of sp³-hybridized carbons (Fsp3) is 0.615. The van der Waals surface area contributed by atoms with Crippen molar-refractivity contribution in [2.75, 3.05) is 0 Å². The molecule has 0 radical (unpaired) electrons. The number of hydrogen-bond donors (Lipinski definition) is 2. The number of hydrogen-bond acceptors (Lipinski definition) is 2. The summed E-state index contributed by atoms with van der Waals surface area (Å²) in [6.45, 7) is 4.81. The predicted octanol–water partition coefficient (Wildman–Crippen LogP) is 5.36. The average molecular weight is 379 g/mol. The average Bonchev–Trinajstić information content (AvgIpc) is 2.94. The lowest BCUT2D eigenvalue weighted by Crippen LogP contribution is -2.51. The van der Waals surface area contributed by atoms with Gasteiger partial charge in [0, 0.05) is 5.41 Å². The second kappa shape index (κ2) is 6.57. The Bertz CT molecular complexity index is 809. The molecule has 1 aromatic carbocycles. The second-order valence-corrected chi connectivity index (χ2v) is 10.4. The lowest BCUT2D eigenvalue weighted by molar-refractivity contribution is -0.0685. The van der Waals surface area contributed by atoms with Crippen molar-refractivity contribution in [3.63, 3.8) is 0 Å². The van der Waals surface area contributed by atoms with E-state index >= 15 is 0 Å². The van der Waals surface area contributed by atoms with Crippen LogP contribution in [-0.2, 0) is 0 Å². The molecule has 0 aliphatic heterocycles. The van der Waals surface area contributed by atoms with Crippen LogP contribution in [0.5, 0.6) is 0 Å². The molecular weight excluding hydrogens is 344 g/mol. The van der Waals surface area contributed by atoms with Gasteiger partial charge in [-0.1, -0.05) is 61.9 Å². The van der Waals surface area contributed by atoms with Crippen LogP contribution in [0.2, 0.25) is 0 Å². The molecule has 0 amide bonds. The van der Waals surface area contributed by atoms with Crippen molar-refractivity contribution in [1.82, 2.24) is 0 Å². The van der Waals surface area contributed by atoms with Crippen molar-refractivity contribution in [2.45, 2.75) is 71.0 Å². The summed E-state index contributed by atoms with van der Waals surface area (Å²) in [7, 11) is 0. The maximum absolute atomic E-state index is 11.3. The van der Waals surface area contributed by atoms with Crippen molar-refractivity contribution >= 4 is 6.08 Å². The molecule has 2 N–H and O–H groups in total. The van der Waals surface area contributed by atoms with Crippen LogP contribution in [0.15, 0.2) is 47.6 Å². The minimum Gasteiger partial charge on any atom is -0.393 e. The zero-order chi connectivity index (χ0) is 19.5. The summed E-state index contributed by atoms with van der Waals surface area (Å²) in [5, 5.41) is 21.5. The third-order valence-electron chi connectivity index (χ3n) is 9.10. The van der Waals surface area contributed by atoms with Gasteiger partial charge in [0.15, 0.2) is 0 Å². The summed E-state index contributed by atoms with van der Waals surface area (Å²) in [4.78, 5) is 0. The van der Waals surface area contributed by atoms with Gasteiger partial charge in [0.05, 0.1) is 12.2 Å². The highest BCUT2D eigenvalue weighted by Crippen LogP contribution is 2.65. The van der Waals surface area contributed by atoms with Gasteiger partial charge < -0.3 is 10.2 Å². The maximum atomic E-state index is 11.3. The molecule has 2 nitrogen and oxygen atoms in total. The standard InChI is InChI=1S/C26H34O2/c1-25-12-10-20(27)16-19(25)8-9-21-22(25)11-13-26(2)23(21)15-18(24(26)28)14-17-6-4-3-5-7-17/h3-8,14,20-24,27-28H,9-13,15-16H2,1-2H3/b18-14+/t20-,21-,22+,23+,24-,25+,26+/m1/s1. The van der Waals surface area contributed by atoms with Gasteiger partial charge in [-0.25, -0.2) is 0 Å². The molecule has 0 spiro atoms. The zero-order valence-electron chi connectivity index (χ0n) is 17.3. The summed E-state index contributed by atoms with van der Waals surface area (Å²) in [6, 6.07) is 10.5. The Balaban J connectivity index is 1.47. The number of benzene rings is 1. The molecule has 5 rings (SSSR count). The third kappa shape index (κ3) is 2.68. The summed E-state index contributed by atoms with van der Waals surface area (Å²) < 4.78 is 0. The number of rotatable bonds is 1. The van der Waals surface area contributed by atoms with Gasteiger partial charge in [-0.05, 0) is 79.3 Å². The lowest BCUT2D eigenvalue weighted by Gasteiger charge is -2.57. The molecule has 3 saturated carbocycles. The SMILES string of the molecule is C[C@]12CC[C@H]3[C@@H](CC=C4C[C@H](O)CC[C@@]43C)[C@@H]1C/C(=C\c1ccccc1)[C@H]2O. The predicted molar refractivity (Wildman–Crippen MR) is 114 cm³/mol. The van der Waals surface area contributed by atoms with E-state index in [1.54, 1.807) is 0 Å². The van der Waals surface area contributed by atoms with Crippen molar-refractivity contribution < 1.29 is 10.2 Å². The van der Waals surface area contributed by atoms with Crippen LogP contribution < -0.4 is 0 Å². The van der Waals surface area contributed by atoms with E-state index in [9.17, 15) is 10.2 Å². The molecule has 4 aliphatic rings. The number of fused-ring (bicyclic) bond motifs is 5. The Morgan fingerprint density at radius 3 is 2.54 bits per heavy atom. The van der Waals surface area contributed by atoms with Gasteiger partial charge in [0.25, 0.3) is 0 Å². The Labute approximate surface area is 169 Å². The molecule has 28 heavy (non-hydrogen) atoms. The minimum absolute atomic E-state index is 0.0116. The highest BCUT2D eigenvalue weighted by Gasteiger charge is 2.59. The number of aliphatic hydroxyl groups excluding tert-OH is 2. The van der Waals surface area contributed by atoms with E-state index in [2.05, 4.69) is 50.3 Å². The van der Waals surface area contributed by atoms with Crippen molar-refractivity contribution in [3.8, 4) is 0 Å². The Hall–Kier alpha value is -1.38. The van der Waals surface area contributed by atoms with Crippen molar-refractivity contribution in [2.24, 2.45) is 28.6 Å². The Kier molecular flexibility index (Phi) is 4.37. The molecule has 0 unspecified atom stereocenters. The van der Waals surface area contributed by atoms with Gasteiger partial charge in [-0.2, -0.15) is 0 Å². The van der Waals surface area contributed by atoms with Crippen molar-refractivity contribution in [3.05, 3.63) is 53.1 Å². The van der Waals surface area contributed by atoms with E-state index in [-0.39, 0.29) is 23.0 Å². The Morgan fingerprint density at radius 1 is 0.964 bits per heavy atom. The van der Waals surface area contributed by atoms with Crippen LogP contribution >= 0.6 is 0 Å². The first-order chi connectivity index (χ1) is 13.4. The molecule has 0 saturated heterocycles. The molecule has 3 fully saturated rings. The maximum Gasteiger partial charge on any atom is 0.0809 e. The first kappa shape index (κ1) is 18.6. The summed E-state index contributed by atoms with van der Waals surface area (Å²) in [5.74, 6) is 1.94. The van der Waals surface area contributed by atoms with Crippen LogP contribution in [0, 0.1) is 28.6 Å². The summed E-state index contributed by atoms with van der Waals surface area (Å²) >= 11 is 0. The van der Waals surface area contributed by atoms with Crippen LogP contribution in [0.25, 0.3) is 6.08 Å². The van der Waals surface area contributed by atoms with Gasteiger partial charge in [0.1, 0.15) is 0 Å². The Morgan fingerprint density at radius 2 is 1.75 bits per heavy atom. The van der Waals surface area contributed by atoms with Gasteiger partial charge in [-0.15, -0.1) is 0 Å². The van der Waals surface area contributed by atoms with E-state index < -0.39 is 0 Å². The van der Waals surface area contributed by atoms with Crippen LogP contribution in [-0.4, -0.2) is 22.4 Å². The van der Waals surface area contributed by atoms with Crippen LogP contribution in [0.3, 0.4) is 0 Å². The molecule has 2 heteroatoms. The van der Waals surface area contributed by atoms with E-state index in [0.717, 1.165) is 38.5 Å². The van der Waals surface area contributed by atoms with Crippen molar-refractivity contribution in [1.29, 1.82) is 0 Å². The fourth-order valence-electron chi connectivity index (χ4n) is 7.40. The summed E-state index contributed by atoms with van der Waals surface area (Å²) in [5.41, 5.74) is 4.24. The topological polar surface area (TPSA) is 40.5 Å². The van der Waals surface area contributed by atoms with E-state index in [1.165, 1.54) is 23.1 Å². The molecule has 150 valence electrons. The van der Waals surface area contributed by atoms with E-state index in [0.29, 0.717) is 17.8 Å². The van der Waals surface area contributed by atoms with E-state index in [4.69, 9.17) is 0 Å². The molecule has 0 bridgehead atoms. The third-order valence-corrected chi connectivity index (χ3v) is 9.10. The van der Waals surface area contributed by atoms with Crippen LogP contribution in [0.4, 0.5) is 0 Å². The smallest absolute Gasteiger partial charge is 0.0809 e. The largest absolute Gasteiger partial charge is 0.393 e. The number of aliphatic hydroxyl groups is 2. The quantitative estimate of drug-likeness (QED) is 0.646. The highest BCUT2D eigenvalue weighted by molar-refractivity contribution is 5.55. The van der Waals surface area contributed by atoms with Crippen LogP contribution in [0.1, 0.15) is 64.4 Å². The van der Waals surface area contributed by atoms with E-state index in [1.807, 2.05) is 6.07 Å². The monoisotopic (exact) mass is 378 g/mol. The minimum atomic E-state index is -0.315. The highest BCUT2D eigenvalue weighted by atomic mass is 16.3. The normalized spacial score (nSPS) is 46.5. The molecule has 0 aromatic heterocycles. The molecular formula is C26H34O2. The van der Waals surface area contributed by atoms with Gasteiger partial charge in [-0.3, -0.25) is 0 Å². The number of allylic oxidation sites excluding steroid dienone is 1. The second-order valence-electron chi connectivity index (χ2n) is 10.4. The molecule has 7 atom stereocenters. The fourth-order valence-corrected chi connectivity index (χ4v) is 7.40.